The minimum Gasteiger partial charge on any atom is -0.480 e. The number of fused-ring (bicyclic) bond motifs is 3. The molecule has 7 heteroatoms. The van der Waals surface area contributed by atoms with E-state index in [-0.39, 0.29) is 18.4 Å². The van der Waals surface area contributed by atoms with Gasteiger partial charge in [-0.05, 0) is 41.0 Å². The van der Waals surface area contributed by atoms with Gasteiger partial charge in [-0.25, -0.2) is 9.59 Å². The summed E-state index contributed by atoms with van der Waals surface area (Å²) < 4.78 is 5.57. The molecule has 1 atom stereocenters. The Labute approximate surface area is 193 Å². The summed E-state index contributed by atoms with van der Waals surface area (Å²) >= 11 is 0. The van der Waals surface area contributed by atoms with E-state index < -0.39 is 29.6 Å². The summed E-state index contributed by atoms with van der Waals surface area (Å²) in [6.07, 6.45) is 1.59. The first-order valence-electron chi connectivity index (χ1n) is 11.5. The molecular formula is C26H30N2O5. The van der Waals surface area contributed by atoms with Crippen LogP contribution in [0.3, 0.4) is 0 Å². The molecule has 0 unspecified atom stereocenters. The van der Waals surface area contributed by atoms with Gasteiger partial charge in [-0.2, -0.15) is 0 Å². The number of benzene rings is 2. The largest absolute Gasteiger partial charge is 0.480 e. The fourth-order valence-electron chi connectivity index (χ4n) is 4.99. The van der Waals surface area contributed by atoms with Gasteiger partial charge in [-0.1, -0.05) is 75.2 Å². The summed E-state index contributed by atoms with van der Waals surface area (Å²) in [6, 6.07) is 15.2. The van der Waals surface area contributed by atoms with Crippen LogP contribution >= 0.6 is 0 Å². The molecule has 2 amide bonds. The molecule has 0 heterocycles. The van der Waals surface area contributed by atoms with Gasteiger partial charge in [-0.3, -0.25) is 4.79 Å². The van der Waals surface area contributed by atoms with Crippen molar-refractivity contribution < 1.29 is 24.2 Å². The molecule has 7 nitrogen and oxygen atoms in total. The van der Waals surface area contributed by atoms with Crippen LogP contribution in [0.1, 0.15) is 56.6 Å². The summed E-state index contributed by atoms with van der Waals surface area (Å²) in [5, 5.41) is 15.0. The Balaban J connectivity index is 1.42. The molecule has 2 aromatic carbocycles. The van der Waals surface area contributed by atoms with Gasteiger partial charge in [0, 0.05) is 5.92 Å². The monoisotopic (exact) mass is 450 g/mol. The number of carboxylic acids is 1. The maximum Gasteiger partial charge on any atom is 0.407 e. The van der Waals surface area contributed by atoms with Gasteiger partial charge in [0.2, 0.25) is 5.91 Å². The fourth-order valence-corrected chi connectivity index (χ4v) is 4.99. The third-order valence-electron chi connectivity index (χ3n) is 6.80. The minimum absolute atomic E-state index is 0.0803. The Bertz CT molecular complexity index is 1010. The molecule has 3 N–H and O–H groups in total. The van der Waals surface area contributed by atoms with Crippen LogP contribution in [0, 0.1) is 5.92 Å². The summed E-state index contributed by atoms with van der Waals surface area (Å²) in [6.45, 7) is 3.75. The van der Waals surface area contributed by atoms with Crippen LogP contribution < -0.4 is 10.6 Å². The number of carboxylic acid groups (broad SMARTS) is 1. The van der Waals surface area contributed by atoms with E-state index in [0.717, 1.165) is 35.1 Å². The topological polar surface area (TPSA) is 105 Å². The number of rotatable bonds is 7. The second-order valence-electron chi connectivity index (χ2n) is 9.28. The number of hydrogen-bond donors (Lipinski definition) is 3. The molecule has 0 aromatic heterocycles. The molecule has 0 aliphatic heterocycles. The summed E-state index contributed by atoms with van der Waals surface area (Å²) in [5.74, 6) is -1.85. The lowest BCUT2D eigenvalue weighted by atomic mass is 9.95. The molecule has 2 aromatic rings. The maximum absolute atomic E-state index is 12.9. The van der Waals surface area contributed by atoms with Crippen LogP contribution in [-0.2, 0) is 14.3 Å². The van der Waals surface area contributed by atoms with Crippen LogP contribution in [-0.4, -0.2) is 41.3 Å². The number of amides is 2. The average Bonchev–Trinajstić information content (AvgIpc) is 3.39. The van der Waals surface area contributed by atoms with Gasteiger partial charge in [0.1, 0.15) is 18.2 Å². The average molecular weight is 451 g/mol. The van der Waals surface area contributed by atoms with Crippen LogP contribution in [0.15, 0.2) is 48.5 Å². The minimum atomic E-state index is -1.26. The Morgan fingerprint density at radius 3 is 2.06 bits per heavy atom. The van der Waals surface area contributed by atoms with E-state index in [1.807, 2.05) is 36.4 Å². The highest BCUT2D eigenvalue weighted by atomic mass is 16.5. The summed E-state index contributed by atoms with van der Waals surface area (Å²) in [7, 11) is 0. The zero-order valence-corrected chi connectivity index (χ0v) is 19.0. The summed E-state index contributed by atoms with van der Waals surface area (Å²) in [4.78, 5) is 37.4. The highest BCUT2D eigenvalue weighted by Gasteiger charge is 2.44. The molecular weight excluding hydrogens is 420 g/mol. The molecule has 174 valence electrons. The standard InChI is InChI=1S/C26H30N2O5/c1-16(2)22(23(29)28-26(24(30)31)13-7-8-14-26)27-25(32)33-15-21-19-11-5-3-9-17(19)18-10-4-6-12-20(18)21/h3-6,9-12,16,21-22H,7-8,13-15H2,1-2H3,(H,27,32)(H,28,29)(H,30,31)/t22-/m1/s1. The van der Waals surface area contributed by atoms with Gasteiger partial charge in [-0.15, -0.1) is 0 Å². The van der Waals surface area contributed by atoms with Crippen LogP contribution in [0.25, 0.3) is 11.1 Å². The first-order valence-corrected chi connectivity index (χ1v) is 11.5. The molecule has 0 radical (unpaired) electrons. The van der Waals surface area contributed by atoms with E-state index in [9.17, 15) is 19.5 Å². The van der Waals surface area contributed by atoms with Crippen molar-refractivity contribution in [3.05, 3.63) is 59.7 Å². The van der Waals surface area contributed by atoms with Crippen molar-refractivity contribution in [1.29, 1.82) is 0 Å². The zero-order valence-electron chi connectivity index (χ0n) is 19.0. The van der Waals surface area contributed by atoms with Gasteiger partial charge >= 0.3 is 12.1 Å². The molecule has 2 aliphatic rings. The third kappa shape index (κ3) is 4.45. The smallest absolute Gasteiger partial charge is 0.407 e. The number of aliphatic carboxylic acids is 1. The molecule has 0 spiro atoms. The van der Waals surface area contributed by atoms with Crippen molar-refractivity contribution in [3.63, 3.8) is 0 Å². The molecule has 2 aliphatic carbocycles. The van der Waals surface area contributed by atoms with E-state index in [0.29, 0.717) is 12.8 Å². The van der Waals surface area contributed by atoms with Gasteiger partial charge in [0.15, 0.2) is 0 Å². The van der Waals surface area contributed by atoms with Crippen molar-refractivity contribution in [2.45, 2.75) is 57.0 Å². The quantitative estimate of drug-likeness (QED) is 0.590. The van der Waals surface area contributed by atoms with Gasteiger partial charge in [0.05, 0.1) is 0 Å². The van der Waals surface area contributed by atoms with Crippen molar-refractivity contribution in [2.24, 2.45) is 5.92 Å². The number of alkyl carbamates (subject to hydrolysis) is 1. The molecule has 1 fully saturated rings. The Hall–Kier alpha value is -3.35. The van der Waals surface area contributed by atoms with Crippen molar-refractivity contribution in [3.8, 4) is 11.1 Å². The predicted octanol–water partition coefficient (Wildman–Crippen LogP) is 4.06. The van der Waals surface area contributed by atoms with Crippen molar-refractivity contribution in [2.75, 3.05) is 6.61 Å². The van der Waals surface area contributed by atoms with Gasteiger partial charge in [0.25, 0.3) is 0 Å². The van der Waals surface area contributed by atoms with Crippen LogP contribution in [0.5, 0.6) is 0 Å². The SMILES string of the molecule is CC(C)[C@@H](NC(=O)OCC1c2ccccc2-c2ccccc21)C(=O)NC1(C(=O)O)CCCC1. The first kappa shape index (κ1) is 22.8. The predicted molar refractivity (Wildman–Crippen MR) is 124 cm³/mol. The Morgan fingerprint density at radius 1 is 1.00 bits per heavy atom. The van der Waals surface area contributed by atoms with E-state index in [1.54, 1.807) is 13.8 Å². The first-order chi connectivity index (χ1) is 15.8. The lowest BCUT2D eigenvalue weighted by molar-refractivity contribution is -0.147. The van der Waals surface area contributed by atoms with Gasteiger partial charge < -0.3 is 20.5 Å². The normalized spacial score (nSPS) is 17.2. The van der Waals surface area contributed by atoms with E-state index >= 15 is 0 Å². The molecule has 0 bridgehead atoms. The van der Waals surface area contributed by atoms with Crippen molar-refractivity contribution in [1.82, 2.24) is 10.6 Å². The maximum atomic E-state index is 12.9. The lowest BCUT2D eigenvalue weighted by Gasteiger charge is -2.29. The number of nitrogens with one attached hydrogen (secondary N) is 2. The fraction of sp³-hybridized carbons (Fsp3) is 0.423. The number of hydrogen-bond acceptors (Lipinski definition) is 4. The van der Waals surface area contributed by atoms with E-state index in [1.165, 1.54) is 0 Å². The number of carbonyl (C=O) groups excluding carboxylic acids is 2. The van der Waals surface area contributed by atoms with E-state index in [2.05, 4.69) is 22.8 Å². The van der Waals surface area contributed by atoms with Crippen LogP contribution in [0.2, 0.25) is 0 Å². The third-order valence-corrected chi connectivity index (χ3v) is 6.80. The highest BCUT2D eigenvalue weighted by Crippen LogP contribution is 2.44. The van der Waals surface area contributed by atoms with Crippen molar-refractivity contribution >= 4 is 18.0 Å². The second kappa shape index (κ2) is 9.25. The summed E-state index contributed by atoms with van der Waals surface area (Å²) in [5.41, 5.74) is 3.23. The Kier molecular flexibility index (Phi) is 6.40. The van der Waals surface area contributed by atoms with Crippen LogP contribution in [0.4, 0.5) is 4.79 Å². The highest BCUT2D eigenvalue weighted by molar-refractivity contribution is 5.91. The molecule has 0 saturated heterocycles. The molecule has 33 heavy (non-hydrogen) atoms. The molecule has 4 rings (SSSR count). The number of carbonyl (C=O) groups is 3. The Morgan fingerprint density at radius 2 is 1.55 bits per heavy atom. The number of ether oxygens (including phenoxy) is 1. The molecule has 1 saturated carbocycles. The second-order valence-corrected chi connectivity index (χ2v) is 9.28. The zero-order chi connectivity index (χ0) is 23.6. The lowest BCUT2D eigenvalue weighted by Crippen LogP contribution is -2.59. The van der Waals surface area contributed by atoms with E-state index in [4.69, 9.17) is 4.74 Å².